The number of hydrogen-bond acceptors (Lipinski definition) is 5. The minimum absolute atomic E-state index is 0.0118. The van der Waals surface area contributed by atoms with Crippen LogP contribution in [-0.4, -0.2) is 47.4 Å². The third-order valence-corrected chi connectivity index (χ3v) is 11.7. The molecular weight excluding hydrogens is 719 g/mol. The molecule has 0 aliphatic heterocycles. The number of nitrogens with one attached hydrogen (secondary N) is 1. The van der Waals surface area contributed by atoms with E-state index in [1.54, 1.807) is 6.08 Å². The largest absolute Gasteiger partial charge is 0.466 e. The van der Waals surface area contributed by atoms with Gasteiger partial charge < -0.3 is 20.3 Å². The van der Waals surface area contributed by atoms with Crippen molar-refractivity contribution in [1.82, 2.24) is 5.32 Å². The van der Waals surface area contributed by atoms with Crippen molar-refractivity contribution in [1.29, 1.82) is 0 Å². The van der Waals surface area contributed by atoms with Gasteiger partial charge in [-0.15, -0.1) is 0 Å². The number of ether oxygens (including phenoxy) is 1. The molecule has 0 fully saturated rings. The first-order valence-electron chi connectivity index (χ1n) is 25.6. The van der Waals surface area contributed by atoms with Gasteiger partial charge in [0.1, 0.15) is 0 Å². The number of carbonyl (C=O) groups excluding carboxylic acids is 2. The van der Waals surface area contributed by atoms with Gasteiger partial charge in [-0.3, -0.25) is 9.59 Å². The van der Waals surface area contributed by atoms with Gasteiger partial charge in [-0.1, -0.05) is 224 Å². The molecule has 0 heterocycles. The monoisotopic (exact) mass is 818 g/mol. The molecule has 2 unspecified atom stereocenters. The molecule has 0 aromatic carbocycles. The fraction of sp³-hybridized carbons (Fsp3) is 0.885. The molecule has 6 heteroatoms. The molecule has 0 rings (SSSR count). The first-order valence-corrected chi connectivity index (χ1v) is 25.6. The Hall–Kier alpha value is -1.66. The summed E-state index contributed by atoms with van der Waals surface area (Å²) in [6.45, 7) is 4.86. The van der Waals surface area contributed by atoms with Gasteiger partial charge in [-0.25, -0.2) is 0 Å². The summed E-state index contributed by atoms with van der Waals surface area (Å²) in [6, 6.07) is -0.638. The van der Waals surface area contributed by atoms with Crippen LogP contribution in [0, 0.1) is 0 Å². The Kier molecular flexibility index (Phi) is 46.6. The summed E-state index contributed by atoms with van der Waals surface area (Å²) in [5.74, 6) is -0.0947. The van der Waals surface area contributed by atoms with Crippen LogP contribution in [0.1, 0.15) is 271 Å². The molecular formula is C52H99NO5. The fourth-order valence-corrected chi connectivity index (χ4v) is 7.74. The van der Waals surface area contributed by atoms with Crippen LogP contribution in [0.3, 0.4) is 0 Å². The van der Waals surface area contributed by atoms with Crippen molar-refractivity contribution in [2.24, 2.45) is 0 Å². The minimum atomic E-state index is -0.853. The summed E-state index contributed by atoms with van der Waals surface area (Å²) in [5.41, 5.74) is 0. The molecule has 0 saturated carbocycles. The Morgan fingerprint density at radius 3 is 1.22 bits per heavy atom. The molecule has 2 atom stereocenters. The topological polar surface area (TPSA) is 95.9 Å². The number of unbranched alkanes of at least 4 members (excludes halogenated alkanes) is 34. The molecule has 0 bridgehead atoms. The molecule has 58 heavy (non-hydrogen) atoms. The molecule has 3 N–H and O–H groups in total. The van der Waals surface area contributed by atoms with Gasteiger partial charge in [0, 0.05) is 12.8 Å². The maximum atomic E-state index is 12.4. The van der Waals surface area contributed by atoms with Crippen molar-refractivity contribution in [3.8, 4) is 0 Å². The minimum Gasteiger partial charge on any atom is -0.466 e. The highest BCUT2D eigenvalue weighted by atomic mass is 16.5. The molecule has 1 amide bonds. The molecule has 0 spiro atoms. The SMILES string of the molecule is CCCCCCCCCCCCCCC/C=C/C(O)C(CO)NC(=O)CCCCCCCCC/C=C\CCCCCCOC(=O)CCCCCCCCCCCCC. The first-order chi connectivity index (χ1) is 28.5. The van der Waals surface area contributed by atoms with E-state index in [1.807, 2.05) is 6.08 Å². The van der Waals surface area contributed by atoms with Crippen molar-refractivity contribution in [2.45, 2.75) is 283 Å². The standard InChI is InChI=1S/C52H99NO5/c1-3-5-7-9-11-13-15-16-18-21-25-28-32-36-40-44-50(55)49(48-54)53-51(56)45-41-37-33-29-26-22-19-17-20-23-27-31-35-39-43-47-58-52(57)46-42-38-34-30-24-14-12-10-8-6-4-2/h20,23,40,44,49-50,54-55H,3-19,21-22,24-39,41-43,45-48H2,1-2H3,(H,53,56)/b23-20-,44-40+. The number of carbonyl (C=O) groups is 2. The van der Waals surface area contributed by atoms with Crippen molar-refractivity contribution in [2.75, 3.05) is 13.2 Å². The van der Waals surface area contributed by atoms with Crippen molar-refractivity contribution < 1.29 is 24.5 Å². The zero-order valence-corrected chi connectivity index (χ0v) is 38.8. The van der Waals surface area contributed by atoms with E-state index in [-0.39, 0.29) is 18.5 Å². The number of hydrogen-bond donors (Lipinski definition) is 3. The summed E-state index contributed by atoms with van der Waals surface area (Å²) in [4.78, 5) is 24.4. The Morgan fingerprint density at radius 2 is 0.810 bits per heavy atom. The predicted molar refractivity (Wildman–Crippen MR) is 250 cm³/mol. The lowest BCUT2D eigenvalue weighted by Crippen LogP contribution is -2.45. The second-order valence-corrected chi connectivity index (χ2v) is 17.5. The zero-order valence-electron chi connectivity index (χ0n) is 38.8. The number of esters is 1. The van der Waals surface area contributed by atoms with E-state index in [4.69, 9.17) is 4.74 Å². The van der Waals surface area contributed by atoms with E-state index in [0.717, 1.165) is 70.6 Å². The molecule has 0 aliphatic carbocycles. The van der Waals surface area contributed by atoms with Gasteiger partial charge in [0.2, 0.25) is 5.91 Å². The van der Waals surface area contributed by atoms with Crippen LogP contribution >= 0.6 is 0 Å². The lowest BCUT2D eigenvalue weighted by atomic mass is 10.0. The van der Waals surface area contributed by atoms with E-state index in [9.17, 15) is 19.8 Å². The number of aliphatic hydroxyl groups is 2. The highest BCUT2D eigenvalue weighted by Crippen LogP contribution is 2.15. The van der Waals surface area contributed by atoms with Crippen LogP contribution in [0.4, 0.5) is 0 Å². The van der Waals surface area contributed by atoms with Gasteiger partial charge in [-0.2, -0.15) is 0 Å². The first kappa shape index (κ1) is 56.3. The number of rotatable bonds is 47. The van der Waals surface area contributed by atoms with Crippen LogP contribution in [-0.2, 0) is 14.3 Å². The van der Waals surface area contributed by atoms with Gasteiger partial charge in [0.25, 0.3) is 0 Å². The van der Waals surface area contributed by atoms with E-state index >= 15 is 0 Å². The normalized spacial score (nSPS) is 12.8. The van der Waals surface area contributed by atoms with Crippen molar-refractivity contribution >= 4 is 11.9 Å². The van der Waals surface area contributed by atoms with Crippen LogP contribution in [0.5, 0.6) is 0 Å². The molecule has 6 nitrogen and oxygen atoms in total. The van der Waals surface area contributed by atoms with Gasteiger partial charge in [-0.05, 0) is 57.8 Å². The second kappa shape index (κ2) is 48.0. The van der Waals surface area contributed by atoms with E-state index in [2.05, 4.69) is 31.3 Å². The van der Waals surface area contributed by atoms with E-state index in [1.165, 1.54) is 173 Å². The van der Waals surface area contributed by atoms with Crippen LogP contribution in [0.25, 0.3) is 0 Å². The Labute approximate surface area is 361 Å². The molecule has 342 valence electrons. The Bertz CT molecular complexity index is 904. The number of allylic oxidation sites excluding steroid dienone is 3. The highest BCUT2D eigenvalue weighted by Gasteiger charge is 2.18. The maximum Gasteiger partial charge on any atom is 0.305 e. The summed E-state index contributed by atoms with van der Waals surface area (Å²) in [6.07, 6.45) is 56.0. The second-order valence-electron chi connectivity index (χ2n) is 17.5. The molecule has 0 aromatic rings. The average Bonchev–Trinajstić information content (AvgIpc) is 3.22. The van der Waals surface area contributed by atoms with Crippen LogP contribution in [0.15, 0.2) is 24.3 Å². The third-order valence-electron chi connectivity index (χ3n) is 11.7. The summed E-state index contributed by atoms with van der Waals surface area (Å²) < 4.78 is 5.43. The van der Waals surface area contributed by atoms with Crippen LogP contribution in [0.2, 0.25) is 0 Å². The lowest BCUT2D eigenvalue weighted by molar-refractivity contribution is -0.143. The van der Waals surface area contributed by atoms with Crippen molar-refractivity contribution in [3.05, 3.63) is 24.3 Å². The molecule has 0 radical (unpaired) electrons. The van der Waals surface area contributed by atoms with Gasteiger partial charge in [0.05, 0.1) is 25.4 Å². The van der Waals surface area contributed by atoms with Gasteiger partial charge >= 0.3 is 5.97 Å². The smallest absolute Gasteiger partial charge is 0.305 e. The molecule has 0 aromatic heterocycles. The summed E-state index contributed by atoms with van der Waals surface area (Å²) in [5, 5.41) is 23.0. The Morgan fingerprint density at radius 1 is 0.466 bits per heavy atom. The lowest BCUT2D eigenvalue weighted by Gasteiger charge is -2.20. The summed E-state index contributed by atoms with van der Waals surface area (Å²) in [7, 11) is 0. The van der Waals surface area contributed by atoms with Crippen LogP contribution < -0.4 is 5.32 Å². The van der Waals surface area contributed by atoms with E-state index in [0.29, 0.717) is 19.4 Å². The number of amides is 1. The number of aliphatic hydroxyl groups excluding tert-OH is 2. The van der Waals surface area contributed by atoms with Gasteiger partial charge in [0.15, 0.2) is 0 Å². The third kappa shape index (κ3) is 43.9. The maximum absolute atomic E-state index is 12.4. The predicted octanol–water partition coefficient (Wildman–Crippen LogP) is 15.1. The average molecular weight is 818 g/mol. The fourth-order valence-electron chi connectivity index (χ4n) is 7.74. The summed E-state index contributed by atoms with van der Waals surface area (Å²) >= 11 is 0. The van der Waals surface area contributed by atoms with Crippen molar-refractivity contribution in [3.63, 3.8) is 0 Å². The molecule has 0 aliphatic rings. The quantitative estimate of drug-likeness (QED) is 0.0323. The van der Waals surface area contributed by atoms with E-state index < -0.39 is 12.1 Å². The zero-order chi connectivity index (χ0) is 42.3. The Balaban J connectivity index is 3.52. The highest BCUT2D eigenvalue weighted by molar-refractivity contribution is 5.76. The molecule has 0 saturated heterocycles.